The number of carbonyl (C=O) groups is 2. The highest BCUT2D eigenvalue weighted by molar-refractivity contribution is 5.74. The third-order valence-corrected chi connectivity index (χ3v) is 3.01. The van der Waals surface area contributed by atoms with Gasteiger partial charge in [0.1, 0.15) is 0 Å². The lowest BCUT2D eigenvalue weighted by atomic mass is 10.1. The van der Waals surface area contributed by atoms with Crippen molar-refractivity contribution in [1.82, 2.24) is 10.2 Å². The zero-order chi connectivity index (χ0) is 15.1. The second-order valence-electron chi connectivity index (χ2n) is 5.23. The Labute approximate surface area is 119 Å². The fourth-order valence-electron chi connectivity index (χ4n) is 1.81. The quantitative estimate of drug-likeness (QED) is 0.838. The van der Waals surface area contributed by atoms with Crippen molar-refractivity contribution in [3.05, 3.63) is 35.4 Å². The fourth-order valence-corrected chi connectivity index (χ4v) is 1.81. The summed E-state index contributed by atoms with van der Waals surface area (Å²) in [4.78, 5) is 24.0. The Morgan fingerprint density at radius 2 is 1.90 bits per heavy atom. The normalized spacial score (nSPS) is 11.8. The Bertz CT molecular complexity index is 457. The van der Waals surface area contributed by atoms with Crippen LogP contribution in [0.4, 0.5) is 4.79 Å². The Kier molecular flexibility index (Phi) is 6.03. The van der Waals surface area contributed by atoms with Gasteiger partial charge >= 0.3 is 12.0 Å². The third kappa shape index (κ3) is 5.73. The van der Waals surface area contributed by atoms with Crippen molar-refractivity contribution in [2.24, 2.45) is 5.92 Å². The van der Waals surface area contributed by atoms with E-state index in [2.05, 4.69) is 5.32 Å². The van der Waals surface area contributed by atoms with Gasteiger partial charge in [-0.25, -0.2) is 4.79 Å². The summed E-state index contributed by atoms with van der Waals surface area (Å²) in [5, 5.41) is 11.4. The third-order valence-electron chi connectivity index (χ3n) is 3.01. The molecule has 2 N–H and O–H groups in total. The molecule has 0 fully saturated rings. The maximum atomic E-state index is 11.9. The summed E-state index contributed by atoms with van der Waals surface area (Å²) in [5.41, 5.74) is 2.25. The summed E-state index contributed by atoms with van der Waals surface area (Å²) in [6, 6.07) is 7.81. The second-order valence-corrected chi connectivity index (χ2v) is 5.23. The molecule has 0 aliphatic rings. The second kappa shape index (κ2) is 7.53. The van der Waals surface area contributed by atoms with E-state index in [1.807, 2.05) is 31.2 Å². The maximum absolute atomic E-state index is 11.9. The van der Waals surface area contributed by atoms with Gasteiger partial charge in [0, 0.05) is 26.6 Å². The van der Waals surface area contributed by atoms with E-state index >= 15 is 0 Å². The average molecular weight is 278 g/mol. The molecule has 0 spiro atoms. The van der Waals surface area contributed by atoms with Crippen LogP contribution in [0, 0.1) is 12.8 Å². The number of hydrogen-bond donors (Lipinski definition) is 2. The van der Waals surface area contributed by atoms with Crippen LogP contribution < -0.4 is 5.32 Å². The van der Waals surface area contributed by atoms with Gasteiger partial charge in [0.05, 0.1) is 0 Å². The minimum atomic E-state index is -0.847. The summed E-state index contributed by atoms with van der Waals surface area (Å²) in [6.07, 6.45) is 0.0575. The van der Waals surface area contributed by atoms with E-state index in [0.717, 1.165) is 5.56 Å². The Morgan fingerprint density at radius 1 is 1.30 bits per heavy atom. The molecule has 5 nitrogen and oxygen atoms in total. The standard InChI is InChI=1S/C15H22N2O3/c1-11-4-6-13(7-5-11)10-17(3)15(20)16-9-12(2)8-14(18)19/h4-7,12H,8-10H2,1-3H3,(H,16,20)(H,18,19). The van der Waals surface area contributed by atoms with Crippen molar-refractivity contribution in [2.75, 3.05) is 13.6 Å². The van der Waals surface area contributed by atoms with Crippen molar-refractivity contribution in [3.63, 3.8) is 0 Å². The van der Waals surface area contributed by atoms with Crippen molar-refractivity contribution < 1.29 is 14.7 Å². The Morgan fingerprint density at radius 3 is 2.45 bits per heavy atom. The molecule has 0 aliphatic heterocycles. The van der Waals surface area contributed by atoms with Gasteiger partial charge in [0.2, 0.25) is 0 Å². The van der Waals surface area contributed by atoms with Crippen LogP contribution in [0.3, 0.4) is 0 Å². The van der Waals surface area contributed by atoms with Crippen molar-refractivity contribution in [1.29, 1.82) is 0 Å². The number of carbonyl (C=O) groups excluding carboxylic acids is 1. The van der Waals surface area contributed by atoms with Gasteiger partial charge in [0.15, 0.2) is 0 Å². The average Bonchev–Trinajstić information content (AvgIpc) is 2.37. The summed E-state index contributed by atoms with van der Waals surface area (Å²) >= 11 is 0. The van der Waals surface area contributed by atoms with Crippen molar-refractivity contribution in [3.8, 4) is 0 Å². The molecule has 1 unspecified atom stereocenters. The van der Waals surface area contributed by atoms with Gasteiger partial charge in [-0.05, 0) is 18.4 Å². The van der Waals surface area contributed by atoms with E-state index in [9.17, 15) is 9.59 Å². The topological polar surface area (TPSA) is 69.6 Å². The van der Waals surface area contributed by atoms with E-state index in [0.29, 0.717) is 13.1 Å². The number of aliphatic carboxylic acids is 1. The fraction of sp³-hybridized carbons (Fsp3) is 0.467. The SMILES string of the molecule is Cc1ccc(CN(C)C(=O)NCC(C)CC(=O)O)cc1. The molecule has 1 rings (SSSR count). The molecular formula is C15H22N2O3. The molecule has 0 radical (unpaired) electrons. The molecule has 0 aromatic heterocycles. The van der Waals surface area contributed by atoms with E-state index < -0.39 is 5.97 Å². The number of carboxylic acid groups (broad SMARTS) is 1. The van der Waals surface area contributed by atoms with Gasteiger partial charge in [0.25, 0.3) is 0 Å². The molecule has 0 aliphatic carbocycles. The summed E-state index contributed by atoms with van der Waals surface area (Å²) < 4.78 is 0. The van der Waals surface area contributed by atoms with E-state index in [1.165, 1.54) is 5.56 Å². The summed E-state index contributed by atoms with van der Waals surface area (Å²) in [5.74, 6) is -0.927. The molecule has 0 saturated heterocycles. The van der Waals surface area contributed by atoms with Gasteiger partial charge in [-0.1, -0.05) is 36.8 Å². The van der Waals surface area contributed by atoms with Crippen LogP contribution in [0.1, 0.15) is 24.5 Å². The molecule has 110 valence electrons. The molecular weight excluding hydrogens is 256 g/mol. The predicted molar refractivity (Wildman–Crippen MR) is 77.5 cm³/mol. The first-order valence-corrected chi connectivity index (χ1v) is 6.64. The molecule has 0 saturated carbocycles. The number of benzene rings is 1. The lowest BCUT2D eigenvalue weighted by molar-refractivity contribution is -0.137. The largest absolute Gasteiger partial charge is 0.481 e. The number of amides is 2. The number of rotatable bonds is 6. The molecule has 2 amide bonds. The Balaban J connectivity index is 2.39. The van der Waals surface area contributed by atoms with E-state index in [4.69, 9.17) is 5.11 Å². The number of hydrogen-bond acceptors (Lipinski definition) is 2. The monoisotopic (exact) mass is 278 g/mol. The van der Waals surface area contributed by atoms with Crippen LogP contribution in [0.5, 0.6) is 0 Å². The van der Waals surface area contributed by atoms with Crippen molar-refractivity contribution in [2.45, 2.75) is 26.8 Å². The minimum Gasteiger partial charge on any atom is -0.481 e. The molecule has 5 heteroatoms. The number of nitrogens with zero attached hydrogens (tertiary/aromatic N) is 1. The molecule has 0 bridgehead atoms. The molecule has 0 heterocycles. The van der Waals surface area contributed by atoms with Crippen LogP contribution >= 0.6 is 0 Å². The number of urea groups is 1. The Hall–Kier alpha value is -2.04. The minimum absolute atomic E-state index is 0.0575. The smallest absolute Gasteiger partial charge is 0.317 e. The number of nitrogens with one attached hydrogen (secondary N) is 1. The lowest BCUT2D eigenvalue weighted by Crippen LogP contribution is -2.39. The zero-order valence-corrected chi connectivity index (χ0v) is 12.2. The molecule has 1 aromatic carbocycles. The van der Waals surface area contributed by atoms with E-state index in [-0.39, 0.29) is 18.4 Å². The van der Waals surface area contributed by atoms with Crippen LogP contribution in [-0.2, 0) is 11.3 Å². The van der Waals surface area contributed by atoms with Crippen LogP contribution in [0.25, 0.3) is 0 Å². The summed E-state index contributed by atoms with van der Waals surface area (Å²) in [6.45, 7) is 4.71. The van der Waals surface area contributed by atoms with Crippen LogP contribution in [-0.4, -0.2) is 35.6 Å². The molecule has 1 atom stereocenters. The number of carboxylic acids is 1. The highest BCUT2D eigenvalue weighted by Crippen LogP contribution is 2.06. The molecule has 1 aromatic rings. The summed E-state index contributed by atoms with van der Waals surface area (Å²) in [7, 11) is 1.72. The highest BCUT2D eigenvalue weighted by Gasteiger charge is 2.12. The first kappa shape index (κ1) is 16.0. The zero-order valence-electron chi connectivity index (χ0n) is 12.2. The van der Waals surface area contributed by atoms with Gasteiger partial charge in [-0.2, -0.15) is 0 Å². The predicted octanol–water partition coefficient (Wildman–Crippen LogP) is 2.25. The number of aryl methyl sites for hydroxylation is 1. The van der Waals surface area contributed by atoms with Gasteiger partial charge in [-0.3, -0.25) is 4.79 Å². The van der Waals surface area contributed by atoms with Crippen LogP contribution in [0.2, 0.25) is 0 Å². The highest BCUT2D eigenvalue weighted by atomic mass is 16.4. The maximum Gasteiger partial charge on any atom is 0.317 e. The van der Waals surface area contributed by atoms with Gasteiger partial charge < -0.3 is 15.3 Å². The lowest BCUT2D eigenvalue weighted by Gasteiger charge is -2.19. The first-order valence-electron chi connectivity index (χ1n) is 6.64. The van der Waals surface area contributed by atoms with Crippen molar-refractivity contribution >= 4 is 12.0 Å². The first-order chi connectivity index (χ1) is 9.38. The van der Waals surface area contributed by atoms with Gasteiger partial charge in [-0.15, -0.1) is 0 Å². The molecule has 20 heavy (non-hydrogen) atoms. The van der Waals surface area contributed by atoms with Crippen LogP contribution in [0.15, 0.2) is 24.3 Å². The van der Waals surface area contributed by atoms with E-state index in [1.54, 1.807) is 18.9 Å².